The summed E-state index contributed by atoms with van der Waals surface area (Å²) in [7, 11) is 0. The molecule has 4 heterocycles. The topological polar surface area (TPSA) is 68.9 Å². The monoisotopic (exact) mass is 270 g/mol. The van der Waals surface area contributed by atoms with Gasteiger partial charge in [0.15, 0.2) is 5.65 Å². The van der Waals surface area contributed by atoms with Crippen LogP contribution in [0.2, 0.25) is 0 Å². The first kappa shape index (κ1) is 10.7. The van der Waals surface area contributed by atoms with Crippen LogP contribution in [0.1, 0.15) is 16.8 Å². The molecule has 0 fully saturated rings. The lowest BCUT2D eigenvalue weighted by Crippen LogP contribution is -1.92. The van der Waals surface area contributed by atoms with Gasteiger partial charge in [0.05, 0.1) is 5.52 Å². The van der Waals surface area contributed by atoms with Gasteiger partial charge < -0.3 is 0 Å². The summed E-state index contributed by atoms with van der Waals surface area (Å²) in [5.41, 5.74) is 5.19. The summed E-state index contributed by atoms with van der Waals surface area (Å²) in [5.74, 6) is 0. The van der Waals surface area contributed by atoms with Crippen molar-refractivity contribution in [2.24, 2.45) is 0 Å². The summed E-state index contributed by atoms with van der Waals surface area (Å²) in [4.78, 5) is 10.2. The molecule has 0 saturated heterocycles. The van der Waals surface area contributed by atoms with Gasteiger partial charge in [-0.3, -0.25) is 0 Å². The molecule has 6 nitrogen and oxygen atoms in total. The lowest BCUT2D eigenvalue weighted by Gasteiger charge is -2.04. The van der Waals surface area contributed by atoms with Crippen molar-refractivity contribution in [2.45, 2.75) is 20.8 Å². The number of hydrogen-bond acceptors (Lipinski definition) is 6. The molecule has 0 aliphatic rings. The Labute approximate surface area is 112 Å². The molecule has 0 amide bonds. The van der Waals surface area contributed by atoms with E-state index in [1.807, 2.05) is 6.92 Å². The van der Waals surface area contributed by atoms with Crippen molar-refractivity contribution in [2.75, 3.05) is 0 Å². The van der Waals surface area contributed by atoms with Crippen molar-refractivity contribution in [1.29, 1.82) is 0 Å². The standard InChI is InChI=1S/C12H10N6S/c1-5-6(2)8-9-10(19-12(8)14-7(5)3)11-15-16-17-18(11)4-13-9/h4H,1-3H3. The molecule has 0 aromatic carbocycles. The van der Waals surface area contributed by atoms with Crippen LogP contribution in [0.15, 0.2) is 6.33 Å². The van der Waals surface area contributed by atoms with Crippen LogP contribution in [0.25, 0.3) is 26.1 Å². The smallest absolute Gasteiger partial charge is 0.200 e. The number of thiophene rings is 1. The van der Waals surface area contributed by atoms with Gasteiger partial charge >= 0.3 is 0 Å². The van der Waals surface area contributed by atoms with Crippen LogP contribution in [0, 0.1) is 20.8 Å². The Hall–Kier alpha value is -2.15. The average Bonchev–Trinajstić information content (AvgIpc) is 2.98. The fourth-order valence-corrected chi connectivity index (χ4v) is 3.54. The van der Waals surface area contributed by atoms with E-state index in [1.54, 1.807) is 22.2 Å². The van der Waals surface area contributed by atoms with Crippen molar-refractivity contribution in [1.82, 2.24) is 30.0 Å². The summed E-state index contributed by atoms with van der Waals surface area (Å²) < 4.78 is 2.58. The molecule has 7 heteroatoms. The number of fused-ring (bicyclic) bond motifs is 5. The lowest BCUT2D eigenvalue weighted by atomic mass is 10.1. The molecular weight excluding hydrogens is 260 g/mol. The average molecular weight is 270 g/mol. The predicted octanol–water partition coefficient (Wildman–Crippen LogP) is 2.21. The third kappa shape index (κ3) is 1.27. The zero-order valence-corrected chi connectivity index (χ0v) is 11.5. The highest BCUT2D eigenvalue weighted by Crippen LogP contribution is 2.36. The first-order valence-electron chi connectivity index (χ1n) is 5.89. The van der Waals surface area contributed by atoms with Crippen LogP contribution in [0.3, 0.4) is 0 Å². The highest BCUT2D eigenvalue weighted by Gasteiger charge is 2.16. The van der Waals surface area contributed by atoms with Crippen molar-refractivity contribution in [3.63, 3.8) is 0 Å². The first-order valence-corrected chi connectivity index (χ1v) is 6.71. The van der Waals surface area contributed by atoms with Gasteiger partial charge in [0.2, 0.25) is 0 Å². The second kappa shape index (κ2) is 3.45. The highest BCUT2D eigenvalue weighted by atomic mass is 32.1. The number of pyridine rings is 1. The number of aromatic nitrogens is 6. The van der Waals surface area contributed by atoms with Crippen LogP contribution in [-0.4, -0.2) is 30.0 Å². The van der Waals surface area contributed by atoms with Gasteiger partial charge in [0.25, 0.3) is 0 Å². The zero-order chi connectivity index (χ0) is 13.1. The van der Waals surface area contributed by atoms with Gasteiger partial charge in [-0.1, -0.05) is 0 Å². The Morgan fingerprint density at radius 3 is 2.84 bits per heavy atom. The molecule has 94 valence electrons. The fraction of sp³-hybridized carbons (Fsp3) is 0.250. The second-order valence-corrected chi connectivity index (χ2v) is 5.60. The van der Waals surface area contributed by atoms with Crippen molar-refractivity contribution < 1.29 is 0 Å². The van der Waals surface area contributed by atoms with Crippen LogP contribution >= 0.6 is 11.3 Å². The third-order valence-electron chi connectivity index (χ3n) is 3.61. The van der Waals surface area contributed by atoms with Gasteiger partial charge in [0, 0.05) is 11.1 Å². The van der Waals surface area contributed by atoms with Crippen molar-refractivity contribution in [3.8, 4) is 0 Å². The normalized spacial score (nSPS) is 11.9. The number of nitrogens with zero attached hydrogens (tertiary/aromatic N) is 6. The Bertz CT molecular complexity index is 951. The van der Waals surface area contributed by atoms with Gasteiger partial charge in [-0.2, -0.15) is 4.52 Å². The molecule has 4 rings (SSSR count). The van der Waals surface area contributed by atoms with Crippen molar-refractivity contribution in [3.05, 3.63) is 23.1 Å². The molecule has 19 heavy (non-hydrogen) atoms. The maximum Gasteiger partial charge on any atom is 0.200 e. The number of tetrazole rings is 1. The van der Waals surface area contributed by atoms with E-state index in [0.29, 0.717) is 0 Å². The molecule has 0 unspecified atom stereocenters. The maximum atomic E-state index is 4.67. The summed E-state index contributed by atoms with van der Waals surface area (Å²) in [6, 6.07) is 0. The summed E-state index contributed by atoms with van der Waals surface area (Å²) in [6.45, 7) is 6.25. The maximum absolute atomic E-state index is 4.67. The molecule has 4 aromatic rings. The van der Waals surface area contributed by atoms with Crippen LogP contribution in [0.5, 0.6) is 0 Å². The summed E-state index contributed by atoms with van der Waals surface area (Å²) in [6.07, 6.45) is 1.65. The Balaban J connectivity index is 2.33. The first-order chi connectivity index (χ1) is 9.16. The fourth-order valence-electron chi connectivity index (χ4n) is 2.33. The van der Waals surface area contributed by atoms with E-state index in [4.69, 9.17) is 0 Å². The molecule has 0 saturated carbocycles. The van der Waals surface area contributed by atoms with E-state index in [0.717, 1.165) is 31.8 Å². The molecule has 0 N–H and O–H groups in total. The minimum atomic E-state index is 0.739. The van der Waals surface area contributed by atoms with Crippen LogP contribution in [-0.2, 0) is 0 Å². The Kier molecular flexibility index (Phi) is 1.95. The van der Waals surface area contributed by atoms with Gasteiger partial charge in [-0.15, -0.1) is 16.4 Å². The molecule has 0 aliphatic carbocycles. The minimum absolute atomic E-state index is 0.739. The zero-order valence-electron chi connectivity index (χ0n) is 10.7. The second-order valence-electron chi connectivity index (χ2n) is 4.60. The van der Waals surface area contributed by atoms with Gasteiger partial charge in [-0.25, -0.2) is 9.97 Å². The summed E-state index contributed by atoms with van der Waals surface area (Å²) >= 11 is 1.60. The molecular formula is C12H10N6S. The molecule has 0 aliphatic heterocycles. The van der Waals surface area contributed by atoms with Gasteiger partial charge in [-0.05, 0) is 42.3 Å². The SMILES string of the molecule is Cc1nc2sc3c(ncn4nnnc34)c2c(C)c1C. The lowest BCUT2D eigenvalue weighted by molar-refractivity contribution is 0.813. The quantitative estimate of drug-likeness (QED) is 0.490. The Morgan fingerprint density at radius 1 is 1.16 bits per heavy atom. The van der Waals surface area contributed by atoms with E-state index in [-0.39, 0.29) is 0 Å². The molecule has 0 radical (unpaired) electrons. The van der Waals surface area contributed by atoms with E-state index >= 15 is 0 Å². The largest absolute Gasteiger partial charge is 0.242 e. The van der Waals surface area contributed by atoms with Crippen LogP contribution < -0.4 is 0 Å². The molecule has 0 bridgehead atoms. The van der Waals surface area contributed by atoms with Crippen molar-refractivity contribution >= 4 is 37.4 Å². The Morgan fingerprint density at radius 2 is 2.00 bits per heavy atom. The third-order valence-corrected chi connectivity index (χ3v) is 4.67. The van der Waals surface area contributed by atoms with Crippen LogP contribution in [0.4, 0.5) is 0 Å². The minimum Gasteiger partial charge on any atom is -0.242 e. The predicted molar refractivity (Wildman–Crippen MR) is 73.5 cm³/mol. The number of rotatable bonds is 0. The van der Waals surface area contributed by atoms with E-state index < -0.39 is 0 Å². The number of hydrogen-bond donors (Lipinski definition) is 0. The summed E-state index contributed by atoms with van der Waals surface area (Å²) in [5, 5.41) is 12.7. The van der Waals surface area contributed by atoms with E-state index in [2.05, 4.69) is 39.3 Å². The number of aryl methyl sites for hydroxylation is 2. The highest BCUT2D eigenvalue weighted by molar-refractivity contribution is 7.26. The molecule has 0 spiro atoms. The van der Waals surface area contributed by atoms with E-state index in [1.165, 1.54) is 11.1 Å². The van der Waals surface area contributed by atoms with E-state index in [9.17, 15) is 0 Å². The molecule has 4 aromatic heterocycles. The van der Waals surface area contributed by atoms with Gasteiger partial charge in [0.1, 0.15) is 15.9 Å². The molecule has 0 atom stereocenters.